The highest BCUT2D eigenvalue weighted by Crippen LogP contribution is 2.55. The number of H-pyrrole nitrogens is 1. The van der Waals surface area contributed by atoms with Crippen LogP contribution < -0.4 is 16.2 Å². The normalized spacial score (nSPS) is 31.7. The largest absolute Gasteiger partial charge is 0.472 e. The second-order valence-electron chi connectivity index (χ2n) is 14.6. The Morgan fingerprint density at radius 3 is 2.29 bits per heavy atom. The van der Waals surface area contributed by atoms with Crippen molar-refractivity contribution in [1.29, 1.82) is 0 Å². The number of nitrogens with one attached hydrogen (secondary N) is 3. The van der Waals surface area contributed by atoms with Gasteiger partial charge in [-0.3, -0.25) is 47.4 Å². The van der Waals surface area contributed by atoms with E-state index in [1.807, 2.05) is 0 Å². The van der Waals surface area contributed by atoms with Crippen LogP contribution in [-0.2, 0) is 41.5 Å². The molecule has 3 aliphatic rings. The van der Waals surface area contributed by atoms with E-state index in [-0.39, 0.29) is 40.0 Å². The van der Waals surface area contributed by atoms with Gasteiger partial charge in [0.05, 0.1) is 32.0 Å². The number of hydrogen-bond acceptors (Lipinski definition) is 16. The zero-order valence-electron chi connectivity index (χ0n) is 31.7. The number of phosphoric ester groups is 1. The lowest BCUT2D eigenvalue weighted by molar-refractivity contribution is -0.118. The van der Waals surface area contributed by atoms with Gasteiger partial charge in [0, 0.05) is 30.0 Å². The lowest BCUT2D eigenvalue weighted by Crippen LogP contribution is -2.32. The Morgan fingerprint density at radius 2 is 1.55 bits per heavy atom. The first-order chi connectivity index (χ1) is 27.6. The molecule has 0 spiro atoms. The number of carbonyl (C=O) groups excluding carboxylic acids is 2. The van der Waals surface area contributed by atoms with E-state index in [0.717, 1.165) is 0 Å². The quantitative estimate of drug-likeness (QED) is 0.178. The molecule has 10 atom stereocenters. The van der Waals surface area contributed by atoms with E-state index in [1.165, 1.54) is 30.2 Å². The molecule has 24 heteroatoms. The Morgan fingerprint density at radius 1 is 0.862 bits per heavy atom. The molecule has 5 aromatic rings. The predicted molar refractivity (Wildman–Crippen MR) is 202 cm³/mol. The molecular weight excluding hydrogens is 802 g/mol. The third-order valence-corrected chi connectivity index (χ3v) is 12.4. The van der Waals surface area contributed by atoms with E-state index in [2.05, 4.69) is 40.5 Å². The number of benzene rings is 1. The number of fused-ring (bicyclic) bond motifs is 5. The van der Waals surface area contributed by atoms with E-state index in [1.54, 1.807) is 62.6 Å². The highest BCUT2D eigenvalue weighted by Gasteiger charge is 2.52. The molecule has 1 aromatic carbocycles. The predicted octanol–water partition coefficient (Wildman–Crippen LogP) is 3.61. The first-order valence-electron chi connectivity index (χ1n) is 18.3. The third kappa shape index (κ3) is 7.74. The van der Waals surface area contributed by atoms with Gasteiger partial charge in [-0.2, -0.15) is 4.98 Å². The van der Waals surface area contributed by atoms with Gasteiger partial charge in [0.15, 0.2) is 34.4 Å². The van der Waals surface area contributed by atoms with Crippen LogP contribution in [0.15, 0.2) is 54.1 Å². The van der Waals surface area contributed by atoms with Crippen molar-refractivity contribution in [3.63, 3.8) is 0 Å². The number of carbonyl (C=O) groups is 2. The minimum Gasteiger partial charge on any atom is -0.349 e. The second-order valence-corrected chi connectivity index (χ2v) is 18.0. The maximum Gasteiger partial charge on any atom is 0.472 e. The third-order valence-electron chi connectivity index (χ3n) is 10.2. The van der Waals surface area contributed by atoms with Crippen LogP contribution in [0.4, 0.5) is 11.8 Å². The Balaban J connectivity index is 1.06. The van der Waals surface area contributed by atoms with Crippen molar-refractivity contribution in [1.82, 2.24) is 39.0 Å². The number of phosphoric acid groups is 1. The van der Waals surface area contributed by atoms with Crippen LogP contribution in [-0.4, -0.2) is 100 Å². The lowest BCUT2D eigenvalue weighted by Gasteiger charge is -2.27. The molecule has 7 heterocycles. The van der Waals surface area contributed by atoms with Gasteiger partial charge in [0.1, 0.15) is 30.9 Å². The molecule has 22 nitrogen and oxygen atoms in total. The standard InChI is InChI=1S/C34H40N10O12P2/c1-16(2)29(45)41-34-40-28-23(31(47)42-34)38-15-44(28)33-25-17(3)20(53-33)11-52-58(49,50)56-24-18(4)32(54-21(24)12-51-57(5,48)55-25)43-14-37-22-26(35-13-36-27(22)43)39-30(46)19-9-7-6-8-10-19/h6-10,13-18,20-21,24-25,32-33H,11-12H2,1-5H3,(H,49,50)(H,35,36,39,46)(H2,40,41,42,45,47)/t17?,18?,20-,21-,24-,25+,32-,33-,57?/m1/s1. The molecule has 4 aromatic heterocycles. The van der Waals surface area contributed by atoms with Crippen molar-refractivity contribution >= 4 is 61.3 Å². The molecule has 3 aliphatic heterocycles. The summed E-state index contributed by atoms with van der Waals surface area (Å²) in [5.74, 6) is -2.50. The second kappa shape index (κ2) is 15.4. The van der Waals surface area contributed by atoms with Gasteiger partial charge in [-0.05, 0) is 12.1 Å². The number of nitrogens with zero attached hydrogens (tertiary/aromatic N) is 7. The highest BCUT2D eigenvalue weighted by molar-refractivity contribution is 7.53. The van der Waals surface area contributed by atoms with E-state index in [0.29, 0.717) is 5.56 Å². The minimum atomic E-state index is -4.85. The molecule has 58 heavy (non-hydrogen) atoms. The molecule has 308 valence electrons. The van der Waals surface area contributed by atoms with Crippen LogP contribution in [0.2, 0.25) is 0 Å². The summed E-state index contributed by atoms with van der Waals surface area (Å²) in [6, 6.07) is 8.56. The summed E-state index contributed by atoms with van der Waals surface area (Å²) in [7, 11) is -8.85. The number of imidazole rings is 2. The molecule has 8 rings (SSSR count). The van der Waals surface area contributed by atoms with E-state index >= 15 is 0 Å². The average molecular weight is 843 g/mol. The number of amides is 2. The van der Waals surface area contributed by atoms with Crippen molar-refractivity contribution in [3.05, 3.63) is 65.2 Å². The van der Waals surface area contributed by atoms with Crippen LogP contribution in [0.1, 0.15) is 50.5 Å². The van der Waals surface area contributed by atoms with Gasteiger partial charge in [-0.25, -0.2) is 24.5 Å². The SMILES string of the molecule is CC(C)C(=O)Nc1nc2c(ncn2[C@@H]2O[C@@H]3COP(=O)(O)O[C@@H]4C(C)[C@H](n5cnc6c(NC(=O)c7ccccc7)ncnc65)O[C@@H]4COP(C)(=O)O[C@H]2C3C)c(=O)[nH]1. The van der Waals surface area contributed by atoms with Gasteiger partial charge in [0.25, 0.3) is 11.5 Å². The number of rotatable bonds is 6. The summed E-state index contributed by atoms with van der Waals surface area (Å²) >= 11 is 0. The first-order valence-corrected chi connectivity index (χ1v) is 21.8. The van der Waals surface area contributed by atoms with E-state index in [4.69, 9.17) is 27.6 Å². The number of aromatic nitrogens is 8. The summed E-state index contributed by atoms with van der Waals surface area (Å²) in [5, 5.41) is 5.31. The summed E-state index contributed by atoms with van der Waals surface area (Å²) in [6.07, 6.45) is -2.32. The summed E-state index contributed by atoms with van der Waals surface area (Å²) in [5.41, 5.74) is 0.253. The Labute approximate surface area is 329 Å². The fourth-order valence-electron chi connectivity index (χ4n) is 7.06. The monoisotopic (exact) mass is 842 g/mol. The summed E-state index contributed by atoms with van der Waals surface area (Å²) < 4.78 is 66.7. The van der Waals surface area contributed by atoms with Crippen molar-refractivity contribution in [2.75, 3.05) is 30.5 Å². The van der Waals surface area contributed by atoms with Crippen molar-refractivity contribution in [2.24, 2.45) is 17.8 Å². The van der Waals surface area contributed by atoms with Crippen LogP contribution in [0, 0.1) is 17.8 Å². The van der Waals surface area contributed by atoms with Gasteiger partial charge in [-0.1, -0.05) is 45.9 Å². The minimum absolute atomic E-state index is 0.0181. The van der Waals surface area contributed by atoms with E-state index in [9.17, 15) is 28.4 Å². The van der Waals surface area contributed by atoms with Crippen molar-refractivity contribution in [3.8, 4) is 0 Å². The maximum absolute atomic E-state index is 14.1. The van der Waals surface area contributed by atoms with Crippen LogP contribution >= 0.6 is 15.4 Å². The molecule has 0 aliphatic carbocycles. The Hall–Kier alpha value is -4.76. The van der Waals surface area contributed by atoms with Gasteiger partial charge in [0.2, 0.25) is 11.9 Å². The fraction of sp³-hybridized carbons (Fsp3) is 0.471. The summed E-state index contributed by atoms with van der Waals surface area (Å²) in [6.45, 7) is 7.16. The number of anilines is 2. The zero-order chi connectivity index (χ0) is 41.1. The Bertz CT molecular complexity index is 2530. The van der Waals surface area contributed by atoms with Crippen molar-refractivity contribution < 1.29 is 51.2 Å². The molecule has 4 unspecified atom stereocenters. The smallest absolute Gasteiger partial charge is 0.349 e. The molecule has 2 bridgehead atoms. The van der Waals surface area contributed by atoms with Gasteiger partial charge >= 0.3 is 15.4 Å². The molecule has 2 amide bonds. The highest BCUT2D eigenvalue weighted by atomic mass is 31.2. The number of aromatic amines is 1. The summed E-state index contributed by atoms with van der Waals surface area (Å²) in [4.78, 5) is 73.4. The van der Waals surface area contributed by atoms with E-state index < -0.39 is 94.7 Å². The number of ether oxygens (including phenoxy) is 2. The molecular formula is C34H40N10O12P2. The lowest BCUT2D eigenvalue weighted by atomic mass is 10.0. The van der Waals surface area contributed by atoms with Crippen molar-refractivity contribution in [2.45, 2.75) is 64.6 Å². The topological polar surface area (TPSA) is 275 Å². The maximum atomic E-state index is 14.1. The molecule has 0 saturated carbocycles. The van der Waals surface area contributed by atoms with Crippen LogP contribution in [0.5, 0.6) is 0 Å². The van der Waals surface area contributed by atoms with Gasteiger partial charge < -0.3 is 28.7 Å². The molecule has 4 N–H and O–H groups in total. The molecule has 0 radical (unpaired) electrons. The zero-order valence-corrected chi connectivity index (χ0v) is 33.5. The Kier molecular flexibility index (Phi) is 10.7. The van der Waals surface area contributed by atoms with Crippen LogP contribution in [0.25, 0.3) is 22.3 Å². The number of hydrogen-bond donors (Lipinski definition) is 4. The molecule has 3 fully saturated rings. The molecule has 3 saturated heterocycles. The van der Waals surface area contributed by atoms with Crippen LogP contribution in [0.3, 0.4) is 0 Å². The first kappa shape index (κ1) is 40.0. The van der Waals surface area contributed by atoms with Gasteiger partial charge in [-0.15, -0.1) is 0 Å². The fourth-order valence-corrected chi connectivity index (χ4v) is 9.30. The average Bonchev–Trinajstić information content (AvgIpc) is 3.95.